The van der Waals surface area contributed by atoms with E-state index < -0.39 is 0 Å². The predicted octanol–water partition coefficient (Wildman–Crippen LogP) is 8.48. The first-order valence-corrected chi connectivity index (χ1v) is 21.4. The molecular weight excluding hydrogens is 785 g/mol. The van der Waals surface area contributed by atoms with Gasteiger partial charge in [0.2, 0.25) is 0 Å². The van der Waals surface area contributed by atoms with Crippen LogP contribution in [0.1, 0.15) is 79.3 Å². The molecule has 0 unspecified atom stereocenters. The van der Waals surface area contributed by atoms with Crippen LogP contribution in [0.5, 0.6) is 23.0 Å². The molecule has 12 nitrogen and oxygen atoms in total. The summed E-state index contributed by atoms with van der Waals surface area (Å²) in [4.78, 5) is 30.3. The van der Waals surface area contributed by atoms with Gasteiger partial charge >= 0.3 is 11.9 Å². The minimum Gasteiger partial charge on any atom is -0.497 e. The molecule has 62 heavy (non-hydrogen) atoms. The SMILES string of the molecule is CCOC(=O)c1c(C)n(C)c2cc(CN3CCc4cc(OC)ccc4C3)c(OC)cc12.CCOC(=O)c1c(C)n(C)c2ccc(OC)c(CN3CCc4cc(OC)ccc4C3)c12. The first-order chi connectivity index (χ1) is 29.9. The lowest BCUT2D eigenvalue weighted by Gasteiger charge is -2.30. The Labute approximate surface area is 364 Å². The van der Waals surface area contributed by atoms with Gasteiger partial charge in [-0.15, -0.1) is 0 Å². The second-order valence-electron chi connectivity index (χ2n) is 16.0. The largest absolute Gasteiger partial charge is 0.497 e. The molecule has 0 saturated carbocycles. The van der Waals surface area contributed by atoms with Gasteiger partial charge in [-0.3, -0.25) is 9.80 Å². The standard InChI is InChI=1S/2C25H30N2O4/c1-6-31-25(28)24-16(2)26(3)22-12-19(23(30-5)13-21(22)24)15-27-10-9-17-11-20(29-4)8-7-18(17)14-27;1-6-31-25(28)23-16(2)26(3)21-9-10-22(30-5)20(24(21)23)15-27-12-11-17-13-19(29-4)8-7-18(17)14-27/h7-8,11-13H,6,9-10,14-15H2,1-5H3;7-10,13H,6,11-12,14-15H2,1-5H3. The van der Waals surface area contributed by atoms with Gasteiger partial charge in [0.15, 0.2) is 0 Å². The van der Waals surface area contributed by atoms with Crippen LogP contribution in [-0.2, 0) is 62.6 Å². The number of carbonyl (C=O) groups is 2. The molecule has 2 aromatic heterocycles. The van der Waals surface area contributed by atoms with Crippen LogP contribution < -0.4 is 18.9 Å². The van der Waals surface area contributed by atoms with E-state index in [0.717, 1.165) is 113 Å². The number of ether oxygens (including phenoxy) is 6. The van der Waals surface area contributed by atoms with E-state index in [2.05, 4.69) is 49.3 Å². The molecule has 4 aromatic carbocycles. The Balaban J connectivity index is 0.000000186. The summed E-state index contributed by atoms with van der Waals surface area (Å²) in [6, 6.07) is 20.8. The molecule has 0 bridgehead atoms. The van der Waals surface area contributed by atoms with Crippen molar-refractivity contribution in [3.8, 4) is 23.0 Å². The molecule has 4 heterocycles. The summed E-state index contributed by atoms with van der Waals surface area (Å²) in [6.07, 6.45) is 1.96. The topological polar surface area (TPSA) is 106 Å². The van der Waals surface area contributed by atoms with Gasteiger partial charge in [-0.2, -0.15) is 0 Å². The number of nitrogens with zero attached hydrogens (tertiary/aromatic N) is 4. The van der Waals surface area contributed by atoms with Gasteiger partial charge in [-0.25, -0.2) is 9.59 Å². The van der Waals surface area contributed by atoms with Crippen LogP contribution in [0, 0.1) is 13.8 Å². The van der Waals surface area contributed by atoms with Crippen molar-refractivity contribution >= 4 is 33.7 Å². The van der Waals surface area contributed by atoms with Crippen LogP contribution in [-0.4, -0.2) is 85.6 Å². The van der Waals surface area contributed by atoms with Crippen LogP contribution in [0.2, 0.25) is 0 Å². The molecule has 328 valence electrons. The van der Waals surface area contributed by atoms with Gasteiger partial charge in [-0.1, -0.05) is 12.1 Å². The molecule has 0 fully saturated rings. The van der Waals surface area contributed by atoms with E-state index in [1.54, 1.807) is 28.4 Å². The third-order valence-electron chi connectivity index (χ3n) is 12.6. The molecule has 0 saturated heterocycles. The van der Waals surface area contributed by atoms with Crippen LogP contribution in [0.3, 0.4) is 0 Å². The number of aryl methyl sites for hydroxylation is 2. The van der Waals surface area contributed by atoms with E-state index >= 15 is 0 Å². The van der Waals surface area contributed by atoms with Gasteiger partial charge in [0.1, 0.15) is 23.0 Å². The number of hydrogen-bond acceptors (Lipinski definition) is 10. The zero-order valence-electron chi connectivity index (χ0n) is 37.9. The fraction of sp³-hybridized carbons (Fsp3) is 0.400. The van der Waals surface area contributed by atoms with Crippen LogP contribution >= 0.6 is 0 Å². The predicted molar refractivity (Wildman–Crippen MR) is 242 cm³/mol. The monoisotopic (exact) mass is 844 g/mol. The van der Waals surface area contributed by atoms with Gasteiger partial charge in [0.05, 0.1) is 52.8 Å². The Bertz CT molecular complexity index is 2620. The third kappa shape index (κ3) is 8.58. The molecule has 0 amide bonds. The highest BCUT2D eigenvalue weighted by Gasteiger charge is 2.27. The molecule has 0 radical (unpaired) electrons. The number of carbonyl (C=O) groups excluding carboxylic acids is 2. The van der Waals surface area contributed by atoms with Gasteiger partial charge < -0.3 is 37.6 Å². The van der Waals surface area contributed by atoms with E-state index in [-0.39, 0.29) is 11.9 Å². The molecule has 8 rings (SSSR count). The first-order valence-electron chi connectivity index (χ1n) is 21.4. The number of fused-ring (bicyclic) bond motifs is 4. The Morgan fingerprint density at radius 1 is 0.581 bits per heavy atom. The summed E-state index contributed by atoms with van der Waals surface area (Å²) in [7, 11) is 10.7. The van der Waals surface area contributed by atoms with Crippen LogP contribution in [0.4, 0.5) is 0 Å². The highest BCUT2D eigenvalue weighted by molar-refractivity contribution is 6.08. The number of hydrogen-bond donors (Lipinski definition) is 0. The summed E-state index contributed by atoms with van der Waals surface area (Å²) in [5, 5.41) is 1.80. The Morgan fingerprint density at radius 3 is 1.66 bits per heavy atom. The lowest BCUT2D eigenvalue weighted by Crippen LogP contribution is -2.30. The number of rotatable bonds is 12. The Kier molecular flexibility index (Phi) is 13.5. The maximum Gasteiger partial charge on any atom is 0.340 e. The summed E-state index contributed by atoms with van der Waals surface area (Å²) >= 11 is 0. The number of methoxy groups -OCH3 is 4. The van der Waals surface area contributed by atoms with Gasteiger partial charge in [0, 0.05) is 97.7 Å². The minimum atomic E-state index is -0.288. The summed E-state index contributed by atoms with van der Waals surface area (Å²) < 4.78 is 37.0. The second-order valence-corrected chi connectivity index (χ2v) is 16.0. The Morgan fingerprint density at radius 2 is 1.11 bits per heavy atom. The lowest BCUT2D eigenvalue weighted by atomic mass is 9.97. The fourth-order valence-corrected chi connectivity index (χ4v) is 9.08. The van der Waals surface area contributed by atoms with Crippen molar-refractivity contribution < 1.29 is 38.0 Å². The average molecular weight is 845 g/mol. The van der Waals surface area contributed by atoms with Crippen molar-refractivity contribution in [1.29, 1.82) is 0 Å². The van der Waals surface area contributed by atoms with E-state index in [1.165, 1.54) is 22.3 Å². The quantitative estimate of drug-likeness (QED) is 0.112. The maximum atomic E-state index is 12.9. The lowest BCUT2D eigenvalue weighted by molar-refractivity contribution is 0.0517. The van der Waals surface area contributed by atoms with Crippen molar-refractivity contribution in [1.82, 2.24) is 18.9 Å². The summed E-state index contributed by atoms with van der Waals surface area (Å²) in [5.74, 6) is 2.83. The van der Waals surface area contributed by atoms with Crippen LogP contribution in [0.15, 0.2) is 60.7 Å². The van der Waals surface area contributed by atoms with Crippen molar-refractivity contribution in [2.24, 2.45) is 14.1 Å². The zero-order valence-corrected chi connectivity index (χ0v) is 37.9. The third-order valence-corrected chi connectivity index (χ3v) is 12.6. The molecule has 6 aromatic rings. The summed E-state index contributed by atoms with van der Waals surface area (Å²) in [6.45, 7) is 13.4. The highest BCUT2D eigenvalue weighted by Crippen LogP contribution is 2.37. The number of aromatic nitrogens is 2. The first kappa shape index (κ1) is 44.1. The zero-order chi connectivity index (χ0) is 44.2. The van der Waals surface area contributed by atoms with E-state index in [1.807, 2.05) is 72.1 Å². The average Bonchev–Trinajstić information content (AvgIpc) is 3.69. The van der Waals surface area contributed by atoms with E-state index in [0.29, 0.717) is 30.9 Å². The van der Waals surface area contributed by atoms with Gasteiger partial charge in [-0.05, 0) is 111 Å². The van der Waals surface area contributed by atoms with Gasteiger partial charge in [0.25, 0.3) is 0 Å². The molecule has 2 aliphatic rings. The highest BCUT2D eigenvalue weighted by atomic mass is 16.5. The molecule has 0 atom stereocenters. The fourth-order valence-electron chi connectivity index (χ4n) is 9.08. The maximum absolute atomic E-state index is 12.9. The summed E-state index contributed by atoms with van der Waals surface area (Å²) in [5.41, 5.74) is 12.6. The second kappa shape index (κ2) is 19.0. The molecule has 0 aliphatic carbocycles. The van der Waals surface area contributed by atoms with E-state index in [4.69, 9.17) is 28.4 Å². The van der Waals surface area contributed by atoms with Crippen molar-refractivity contribution in [3.05, 3.63) is 117 Å². The van der Waals surface area contributed by atoms with Crippen LogP contribution in [0.25, 0.3) is 21.8 Å². The Hall–Kier alpha value is -5.98. The van der Waals surface area contributed by atoms with Crippen molar-refractivity contribution in [3.63, 3.8) is 0 Å². The number of esters is 2. The van der Waals surface area contributed by atoms with Crippen molar-refractivity contribution in [2.75, 3.05) is 54.7 Å². The smallest absolute Gasteiger partial charge is 0.340 e. The molecule has 2 aliphatic heterocycles. The molecular formula is C50H60N4O8. The molecule has 12 heteroatoms. The molecule has 0 N–H and O–H groups in total. The normalized spacial score (nSPS) is 13.8. The molecule has 0 spiro atoms. The number of benzene rings is 4. The minimum absolute atomic E-state index is 0.281. The van der Waals surface area contributed by atoms with E-state index in [9.17, 15) is 9.59 Å². The van der Waals surface area contributed by atoms with Crippen molar-refractivity contribution in [2.45, 2.75) is 66.7 Å².